The maximum absolute atomic E-state index is 13.1. The van der Waals surface area contributed by atoms with Gasteiger partial charge in [-0.3, -0.25) is 4.90 Å². The van der Waals surface area contributed by atoms with E-state index in [9.17, 15) is 4.39 Å². The quantitative estimate of drug-likeness (QED) is 0.895. The number of hydrogen-bond acceptors (Lipinski definition) is 4. The average Bonchev–Trinajstić information content (AvgIpc) is 2.76. The maximum Gasteiger partial charge on any atom is 0.226 e. The minimum atomic E-state index is -0.291. The summed E-state index contributed by atoms with van der Waals surface area (Å²) in [5.41, 5.74) is 7.21. The first-order valence-corrected chi connectivity index (χ1v) is 5.89. The Bertz CT molecular complexity index is 549. The fourth-order valence-electron chi connectivity index (χ4n) is 2.10. The predicted octanol–water partition coefficient (Wildman–Crippen LogP) is 1.62. The van der Waals surface area contributed by atoms with Crippen LogP contribution in [-0.4, -0.2) is 29.0 Å². The van der Waals surface area contributed by atoms with Crippen molar-refractivity contribution in [2.45, 2.75) is 12.6 Å². The van der Waals surface area contributed by atoms with Gasteiger partial charge in [0.05, 0.1) is 5.69 Å². The minimum absolute atomic E-state index is 0.277. The van der Waals surface area contributed by atoms with Crippen molar-refractivity contribution in [3.8, 4) is 11.5 Å². The highest BCUT2D eigenvalue weighted by atomic mass is 19.1. The smallest absolute Gasteiger partial charge is 0.226 e. The number of nitrogens with two attached hydrogens (primary N) is 1. The van der Waals surface area contributed by atoms with Crippen LogP contribution >= 0.6 is 0 Å². The molecule has 94 valence electrons. The van der Waals surface area contributed by atoms with Gasteiger partial charge in [0, 0.05) is 31.2 Å². The molecule has 0 unspecified atom stereocenters. The molecule has 4 nitrogen and oxygen atoms in total. The van der Waals surface area contributed by atoms with Crippen LogP contribution in [0.15, 0.2) is 34.9 Å². The van der Waals surface area contributed by atoms with Crippen LogP contribution in [0.1, 0.15) is 5.69 Å². The maximum atomic E-state index is 13.1. The molecule has 1 saturated heterocycles. The molecule has 2 N–H and O–H groups in total. The van der Waals surface area contributed by atoms with Gasteiger partial charge in [0.15, 0.2) is 0 Å². The van der Waals surface area contributed by atoms with E-state index in [1.54, 1.807) is 18.4 Å². The zero-order chi connectivity index (χ0) is 12.5. The van der Waals surface area contributed by atoms with Crippen LogP contribution in [0, 0.1) is 5.82 Å². The summed E-state index contributed by atoms with van der Waals surface area (Å²) in [6, 6.07) is 6.50. The Kier molecular flexibility index (Phi) is 2.85. The summed E-state index contributed by atoms with van der Waals surface area (Å²) < 4.78 is 18.5. The van der Waals surface area contributed by atoms with E-state index in [2.05, 4.69) is 9.88 Å². The fourth-order valence-corrected chi connectivity index (χ4v) is 2.10. The third kappa shape index (κ3) is 2.27. The summed E-state index contributed by atoms with van der Waals surface area (Å²) >= 11 is 0. The molecule has 0 bridgehead atoms. The predicted molar refractivity (Wildman–Crippen MR) is 65.1 cm³/mol. The van der Waals surface area contributed by atoms with Crippen molar-refractivity contribution in [1.82, 2.24) is 9.88 Å². The van der Waals surface area contributed by atoms with Gasteiger partial charge in [-0.05, 0) is 18.2 Å². The van der Waals surface area contributed by atoms with Crippen molar-refractivity contribution in [2.24, 2.45) is 5.73 Å². The summed E-state index contributed by atoms with van der Waals surface area (Å²) in [6.45, 7) is 2.51. The number of benzene rings is 1. The van der Waals surface area contributed by atoms with Crippen LogP contribution in [0.5, 0.6) is 0 Å². The largest absolute Gasteiger partial charge is 0.444 e. The molecular weight excluding hydrogens is 233 g/mol. The second-order valence-electron chi connectivity index (χ2n) is 4.61. The Labute approximate surface area is 104 Å². The molecule has 1 aliphatic heterocycles. The van der Waals surface area contributed by atoms with Gasteiger partial charge in [0.2, 0.25) is 5.89 Å². The zero-order valence-corrected chi connectivity index (χ0v) is 9.84. The minimum Gasteiger partial charge on any atom is -0.444 e. The Morgan fingerprint density at radius 3 is 3.00 bits per heavy atom. The lowest BCUT2D eigenvalue weighted by atomic mass is 10.1. The zero-order valence-electron chi connectivity index (χ0n) is 9.84. The Balaban J connectivity index is 1.73. The van der Waals surface area contributed by atoms with E-state index in [4.69, 9.17) is 10.2 Å². The molecule has 1 aromatic carbocycles. The topological polar surface area (TPSA) is 55.3 Å². The summed E-state index contributed by atoms with van der Waals surface area (Å²) in [6.07, 6.45) is 1.62. The lowest BCUT2D eigenvalue weighted by Gasteiger charge is -2.36. The van der Waals surface area contributed by atoms with Crippen LogP contribution in [0.3, 0.4) is 0 Å². The van der Waals surface area contributed by atoms with Gasteiger partial charge < -0.3 is 10.2 Å². The standard InChI is InChI=1S/C13H14FN3O/c14-10-3-1-2-9(4-10)13-16-12(8-18-13)7-17-5-11(15)6-17/h1-4,8,11H,5-7,15H2. The van der Waals surface area contributed by atoms with Crippen LogP contribution < -0.4 is 5.73 Å². The number of likely N-dealkylation sites (tertiary alicyclic amines) is 1. The Hall–Kier alpha value is -1.72. The molecule has 18 heavy (non-hydrogen) atoms. The molecule has 5 heteroatoms. The molecule has 0 amide bonds. The molecular formula is C13H14FN3O. The molecule has 2 aromatic rings. The Morgan fingerprint density at radius 1 is 1.44 bits per heavy atom. The molecule has 0 atom stereocenters. The lowest BCUT2D eigenvalue weighted by Crippen LogP contribution is -2.54. The molecule has 0 radical (unpaired) electrons. The van der Waals surface area contributed by atoms with E-state index in [-0.39, 0.29) is 11.9 Å². The first-order valence-electron chi connectivity index (χ1n) is 5.89. The van der Waals surface area contributed by atoms with Crippen LogP contribution in [0.25, 0.3) is 11.5 Å². The highest BCUT2D eigenvalue weighted by molar-refractivity contribution is 5.52. The van der Waals surface area contributed by atoms with Crippen molar-refractivity contribution in [3.05, 3.63) is 42.0 Å². The number of aromatic nitrogens is 1. The van der Waals surface area contributed by atoms with Gasteiger partial charge in [-0.25, -0.2) is 9.37 Å². The molecule has 0 aliphatic carbocycles. The van der Waals surface area contributed by atoms with E-state index in [1.807, 2.05) is 0 Å². The average molecular weight is 247 g/mol. The van der Waals surface area contributed by atoms with Gasteiger partial charge in [-0.2, -0.15) is 0 Å². The monoisotopic (exact) mass is 247 g/mol. The van der Waals surface area contributed by atoms with Gasteiger partial charge in [0.25, 0.3) is 0 Å². The third-order valence-corrected chi connectivity index (χ3v) is 2.99. The van der Waals surface area contributed by atoms with Gasteiger partial charge in [0.1, 0.15) is 12.1 Å². The number of nitrogens with zero attached hydrogens (tertiary/aromatic N) is 2. The SMILES string of the molecule is NC1CN(Cc2coc(-c3cccc(F)c3)n2)C1. The first kappa shape index (κ1) is 11.4. The van der Waals surface area contributed by atoms with Gasteiger partial charge >= 0.3 is 0 Å². The number of oxazole rings is 1. The number of hydrogen-bond donors (Lipinski definition) is 1. The number of halogens is 1. The van der Waals surface area contributed by atoms with Crippen LogP contribution in [-0.2, 0) is 6.54 Å². The molecule has 2 heterocycles. The van der Waals surface area contributed by atoms with Crippen molar-refractivity contribution < 1.29 is 8.81 Å². The van der Waals surface area contributed by atoms with Crippen molar-refractivity contribution >= 4 is 0 Å². The fraction of sp³-hybridized carbons (Fsp3) is 0.308. The van der Waals surface area contributed by atoms with Crippen LogP contribution in [0.2, 0.25) is 0 Å². The van der Waals surface area contributed by atoms with E-state index in [1.165, 1.54) is 12.1 Å². The second kappa shape index (κ2) is 4.51. The summed E-state index contributed by atoms with van der Waals surface area (Å²) in [7, 11) is 0. The van der Waals surface area contributed by atoms with E-state index in [0.717, 1.165) is 25.3 Å². The summed E-state index contributed by atoms with van der Waals surface area (Å²) in [5, 5.41) is 0. The Morgan fingerprint density at radius 2 is 2.28 bits per heavy atom. The molecule has 1 aliphatic rings. The van der Waals surface area contributed by atoms with Crippen molar-refractivity contribution in [1.29, 1.82) is 0 Å². The van der Waals surface area contributed by atoms with Crippen molar-refractivity contribution in [3.63, 3.8) is 0 Å². The molecule has 0 saturated carbocycles. The third-order valence-electron chi connectivity index (χ3n) is 2.99. The molecule has 1 fully saturated rings. The van der Waals surface area contributed by atoms with Crippen LogP contribution in [0.4, 0.5) is 4.39 Å². The van der Waals surface area contributed by atoms with Gasteiger partial charge in [-0.15, -0.1) is 0 Å². The molecule has 1 aromatic heterocycles. The summed E-state index contributed by atoms with van der Waals surface area (Å²) in [5.74, 6) is 0.162. The lowest BCUT2D eigenvalue weighted by molar-refractivity contribution is 0.140. The molecule has 3 rings (SSSR count). The normalized spacial score (nSPS) is 16.8. The highest BCUT2D eigenvalue weighted by Gasteiger charge is 2.23. The van der Waals surface area contributed by atoms with E-state index in [0.29, 0.717) is 11.5 Å². The van der Waals surface area contributed by atoms with Crippen molar-refractivity contribution in [2.75, 3.05) is 13.1 Å². The summed E-state index contributed by atoms with van der Waals surface area (Å²) in [4.78, 5) is 6.54. The first-order chi connectivity index (χ1) is 8.70. The second-order valence-corrected chi connectivity index (χ2v) is 4.61. The number of rotatable bonds is 3. The van der Waals surface area contributed by atoms with Gasteiger partial charge in [-0.1, -0.05) is 6.07 Å². The molecule has 0 spiro atoms. The highest BCUT2D eigenvalue weighted by Crippen LogP contribution is 2.20. The van der Waals surface area contributed by atoms with E-state index < -0.39 is 0 Å². The van der Waals surface area contributed by atoms with E-state index >= 15 is 0 Å².